The molecule has 0 aliphatic carbocycles. The molecule has 3 nitrogen and oxygen atoms in total. The summed E-state index contributed by atoms with van der Waals surface area (Å²) < 4.78 is 0. The van der Waals surface area contributed by atoms with Crippen molar-refractivity contribution < 1.29 is 5.11 Å². The minimum absolute atomic E-state index is 0.169. The number of nitrogen functional groups attached to an aromatic ring is 1. The van der Waals surface area contributed by atoms with Crippen molar-refractivity contribution in [1.29, 1.82) is 0 Å². The monoisotopic (exact) mass is 138 g/mol. The van der Waals surface area contributed by atoms with E-state index in [1.807, 2.05) is 0 Å². The molecule has 0 spiro atoms. The van der Waals surface area contributed by atoms with Gasteiger partial charge in [0.2, 0.25) is 0 Å². The Bertz CT molecular complexity index is 215. The second kappa shape index (κ2) is 2.58. The maximum atomic E-state index is 9.13. The van der Waals surface area contributed by atoms with Gasteiger partial charge in [0.1, 0.15) is 5.75 Å². The standard InChI is InChI=1S/C7H10N2O/c8-4-5-6(9)2-1-3-7(5)10/h1-3,10H,4,8-9H2. The van der Waals surface area contributed by atoms with Gasteiger partial charge in [-0.25, -0.2) is 0 Å². The largest absolute Gasteiger partial charge is 0.508 e. The van der Waals surface area contributed by atoms with E-state index >= 15 is 0 Å². The van der Waals surface area contributed by atoms with E-state index in [1.54, 1.807) is 18.2 Å². The molecule has 5 N–H and O–H groups in total. The second-order valence-electron chi connectivity index (χ2n) is 2.05. The third-order valence-electron chi connectivity index (χ3n) is 1.39. The van der Waals surface area contributed by atoms with E-state index in [2.05, 4.69) is 0 Å². The summed E-state index contributed by atoms with van der Waals surface area (Å²) in [7, 11) is 0. The van der Waals surface area contributed by atoms with Crippen molar-refractivity contribution in [3.05, 3.63) is 23.8 Å². The van der Waals surface area contributed by atoms with Gasteiger partial charge in [0, 0.05) is 17.8 Å². The summed E-state index contributed by atoms with van der Waals surface area (Å²) in [6, 6.07) is 4.96. The van der Waals surface area contributed by atoms with E-state index in [-0.39, 0.29) is 12.3 Å². The van der Waals surface area contributed by atoms with Crippen LogP contribution in [-0.2, 0) is 6.54 Å². The van der Waals surface area contributed by atoms with Crippen molar-refractivity contribution >= 4 is 5.69 Å². The summed E-state index contributed by atoms with van der Waals surface area (Å²) in [6.45, 7) is 0.276. The van der Waals surface area contributed by atoms with Gasteiger partial charge in [0.15, 0.2) is 0 Å². The highest BCUT2D eigenvalue weighted by Crippen LogP contribution is 2.21. The Hall–Kier alpha value is -1.22. The molecule has 10 heavy (non-hydrogen) atoms. The number of anilines is 1. The zero-order valence-electron chi connectivity index (χ0n) is 5.54. The zero-order chi connectivity index (χ0) is 7.56. The Labute approximate surface area is 59.3 Å². The minimum Gasteiger partial charge on any atom is -0.508 e. The highest BCUT2D eigenvalue weighted by atomic mass is 16.3. The van der Waals surface area contributed by atoms with Crippen molar-refractivity contribution in [1.82, 2.24) is 0 Å². The fourth-order valence-electron chi connectivity index (χ4n) is 0.814. The van der Waals surface area contributed by atoms with Gasteiger partial charge in [0.05, 0.1) is 0 Å². The van der Waals surface area contributed by atoms with E-state index < -0.39 is 0 Å². The van der Waals surface area contributed by atoms with Crippen molar-refractivity contribution in [2.45, 2.75) is 6.54 Å². The molecule has 0 fully saturated rings. The van der Waals surface area contributed by atoms with E-state index in [0.29, 0.717) is 11.3 Å². The number of phenolic OH excluding ortho intramolecular Hbond substituents is 1. The Balaban J connectivity index is 3.17. The Morgan fingerprint density at radius 3 is 2.50 bits per heavy atom. The lowest BCUT2D eigenvalue weighted by molar-refractivity contribution is 0.469. The molecular formula is C7H10N2O. The quantitative estimate of drug-likeness (QED) is 0.493. The number of rotatable bonds is 1. The van der Waals surface area contributed by atoms with Crippen molar-refractivity contribution in [3.63, 3.8) is 0 Å². The highest BCUT2D eigenvalue weighted by molar-refractivity contribution is 5.53. The molecule has 0 saturated carbocycles. The fraction of sp³-hybridized carbons (Fsp3) is 0.143. The predicted molar refractivity (Wildman–Crippen MR) is 40.4 cm³/mol. The topological polar surface area (TPSA) is 72.3 Å². The van der Waals surface area contributed by atoms with Crippen LogP contribution in [0.5, 0.6) is 5.75 Å². The first-order valence-corrected chi connectivity index (χ1v) is 3.02. The summed E-state index contributed by atoms with van der Waals surface area (Å²) >= 11 is 0. The highest BCUT2D eigenvalue weighted by Gasteiger charge is 2.00. The third kappa shape index (κ3) is 1.04. The molecule has 0 atom stereocenters. The lowest BCUT2D eigenvalue weighted by Crippen LogP contribution is -2.01. The molecule has 54 valence electrons. The number of aromatic hydroxyl groups is 1. The molecular weight excluding hydrogens is 128 g/mol. The van der Waals surface area contributed by atoms with Crippen LogP contribution >= 0.6 is 0 Å². The molecule has 1 rings (SSSR count). The van der Waals surface area contributed by atoms with E-state index in [9.17, 15) is 0 Å². The van der Waals surface area contributed by atoms with Crippen molar-refractivity contribution in [2.24, 2.45) is 5.73 Å². The van der Waals surface area contributed by atoms with Gasteiger partial charge in [0.25, 0.3) is 0 Å². The molecule has 0 aromatic heterocycles. The third-order valence-corrected chi connectivity index (χ3v) is 1.39. The minimum atomic E-state index is 0.169. The first kappa shape index (κ1) is 6.89. The van der Waals surface area contributed by atoms with Crippen LogP contribution in [0, 0.1) is 0 Å². The maximum Gasteiger partial charge on any atom is 0.122 e. The Kier molecular flexibility index (Phi) is 1.78. The molecule has 0 amide bonds. The summed E-state index contributed by atoms with van der Waals surface area (Å²) in [5.41, 5.74) is 12.0. The second-order valence-corrected chi connectivity index (χ2v) is 2.05. The zero-order valence-corrected chi connectivity index (χ0v) is 5.54. The van der Waals surface area contributed by atoms with Gasteiger partial charge in [-0.05, 0) is 12.1 Å². The van der Waals surface area contributed by atoms with Crippen molar-refractivity contribution in [3.8, 4) is 5.75 Å². The average molecular weight is 138 g/mol. The molecule has 0 unspecified atom stereocenters. The summed E-state index contributed by atoms with van der Waals surface area (Å²) in [4.78, 5) is 0. The van der Waals surface area contributed by atoms with Crippen LogP contribution in [0.15, 0.2) is 18.2 Å². The van der Waals surface area contributed by atoms with Crippen LogP contribution in [0.3, 0.4) is 0 Å². The number of hydrogen-bond donors (Lipinski definition) is 3. The number of phenols is 1. The van der Waals surface area contributed by atoms with Crippen LogP contribution in [0.2, 0.25) is 0 Å². The molecule has 0 aliphatic heterocycles. The SMILES string of the molecule is NCc1c(N)cccc1O. The first-order chi connectivity index (χ1) is 4.75. The van der Waals surface area contributed by atoms with Gasteiger partial charge in [-0.2, -0.15) is 0 Å². The maximum absolute atomic E-state index is 9.13. The summed E-state index contributed by atoms with van der Waals surface area (Å²) in [5.74, 6) is 0.169. The van der Waals surface area contributed by atoms with Gasteiger partial charge in [-0.1, -0.05) is 6.07 Å². The molecule has 3 heteroatoms. The molecule has 1 aromatic carbocycles. The van der Waals surface area contributed by atoms with Gasteiger partial charge in [-0.15, -0.1) is 0 Å². The first-order valence-electron chi connectivity index (χ1n) is 3.02. The van der Waals surface area contributed by atoms with Crippen LogP contribution in [0.4, 0.5) is 5.69 Å². The Morgan fingerprint density at radius 1 is 1.40 bits per heavy atom. The van der Waals surface area contributed by atoms with Crippen LogP contribution in [-0.4, -0.2) is 5.11 Å². The number of nitrogens with two attached hydrogens (primary N) is 2. The summed E-state index contributed by atoms with van der Waals surface area (Å²) in [6.07, 6.45) is 0. The molecule has 0 radical (unpaired) electrons. The predicted octanol–water partition coefficient (Wildman–Crippen LogP) is 0.433. The normalized spacial score (nSPS) is 9.70. The Morgan fingerprint density at radius 2 is 2.10 bits per heavy atom. The van der Waals surface area contributed by atoms with Crippen molar-refractivity contribution in [2.75, 3.05) is 5.73 Å². The molecule has 0 saturated heterocycles. The van der Waals surface area contributed by atoms with Gasteiger partial charge < -0.3 is 16.6 Å². The lowest BCUT2D eigenvalue weighted by Gasteiger charge is -2.03. The van der Waals surface area contributed by atoms with E-state index in [1.165, 1.54) is 0 Å². The average Bonchev–Trinajstić information content (AvgIpc) is 1.88. The van der Waals surface area contributed by atoms with E-state index in [4.69, 9.17) is 16.6 Å². The lowest BCUT2D eigenvalue weighted by atomic mass is 10.1. The van der Waals surface area contributed by atoms with E-state index in [0.717, 1.165) is 0 Å². The fourth-order valence-corrected chi connectivity index (χ4v) is 0.814. The molecule has 0 aliphatic rings. The molecule has 0 bridgehead atoms. The van der Waals surface area contributed by atoms with Crippen LogP contribution in [0.25, 0.3) is 0 Å². The van der Waals surface area contributed by atoms with Gasteiger partial charge >= 0.3 is 0 Å². The summed E-state index contributed by atoms with van der Waals surface area (Å²) in [5, 5.41) is 9.13. The smallest absolute Gasteiger partial charge is 0.122 e. The molecule has 0 heterocycles. The van der Waals surface area contributed by atoms with Crippen LogP contribution < -0.4 is 11.5 Å². The number of hydrogen-bond acceptors (Lipinski definition) is 3. The van der Waals surface area contributed by atoms with Gasteiger partial charge in [-0.3, -0.25) is 0 Å². The van der Waals surface area contributed by atoms with Crippen LogP contribution in [0.1, 0.15) is 5.56 Å². The molecule has 1 aromatic rings. The number of benzene rings is 1.